The minimum atomic E-state index is 0.797. The van der Waals surface area contributed by atoms with Gasteiger partial charge in [-0.1, -0.05) is 0 Å². The van der Waals surface area contributed by atoms with E-state index in [4.69, 9.17) is 5.73 Å². The zero-order valence-electron chi connectivity index (χ0n) is 9.28. The first-order valence-corrected chi connectivity index (χ1v) is 5.94. The molecular weight excluding hydrogens is 174 g/mol. The van der Waals surface area contributed by atoms with Crippen molar-refractivity contribution < 1.29 is 0 Å². The molecule has 0 bridgehead atoms. The molecule has 2 atom stereocenters. The molecular formula is C11H23N3. The fraction of sp³-hybridized carbons (Fsp3) is 1.00. The molecule has 2 unspecified atom stereocenters. The molecule has 2 rings (SSSR count). The molecule has 0 radical (unpaired) electrons. The molecule has 2 N–H and O–H groups in total. The van der Waals surface area contributed by atoms with Gasteiger partial charge in [0.1, 0.15) is 0 Å². The summed E-state index contributed by atoms with van der Waals surface area (Å²) in [5, 5.41) is 0. The van der Waals surface area contributed by atoms with Gasteiger partial charge in [0, 0.05) is 12.6 Å². The summed E-state index contributed by atoms with van der Waals surface area (Å²) in [7, 11) is 2.25. The van der Waals surface area contributed by atoms with Crippen molar-refractivity contribution in [2.45, 2.75) is 25.3 Å². The number of fused-ring (bicyclic) bond motifs is 1. The summed E-state index contributed by atoms with van der Waals surface area (Å²) in [5.41, 5.74) is 5.67. The first kappa shape index (κ1) is 10.4. The van der Waals surface area contributed by atoms with Crippen molar-refractivity contribution in [3.63, 3.8) is 0 Å². The fourth-order valence-electron chi connectivity index (χ4n) is 3.04. The lowest BCUT2D eigenvalue weighted by Crippen LogP contribution is -2.39. The standard InChI is InChI=1S/C11H23N3/c1-13-6-2-7-14-8-4-10(3-5-12)11(14)9-13/h10-11H,2-9,12H2,1H3. The third kappa shape index (κ3) is 2.10. The van der Waals surface area contributed by atoms with Crippen LogP contribution in [0, 0.1) is 5.92 Å². The highest BCUT2D eigenvalue weighted by Gasteiger charge is 2.34. The molecule has 0 aliphatic carbocycles. The lowest BCUT2D eigenvalue weighted by Gasteiger charge is -2.27. The minimum Gasteiger partial charge on any atom is -0.330 e. The van der Waals surface area contributed by atoms with Crippen molar-refractivity contribution in [1.82, 2.24) is 9.80 Å². The second kappa shape index (κ2) is 4.60. The van der Waals surface area contributed by atoms with Crippen LogP contribution in [-0.4, -0.2) is 55.6 Å². The molecule has 0 aromatic heterocycles. The van der Waals surface area contributed by atoms with Gasteiger partial charge in [0.2, 0.25) is 0 Å². The molecule has 14 heavy (non-hydrogen) atoms. The average molecular weight is 197 g/mol. The molecule has 0 aromatic rings. The Labute approximate surface area is 87.2 Å². The average Bonchev–Trinajstić information content (AvgIpc) is 2.44. The number of nitrogens with two attached hydrogens (primary N) is 1. The maximum atomic E-state index is 5.67. The molecule has 2 heterocycles. The van der Waals surface area contributed by atoms with Gasteiger partial charge in [-0.3, -0.25) is 4.90 Å². The molecule has 2 fully saturated rings. The minimum absolute atomic E-state index is 0.797. The Morgan fingerprint density at radius 3 is 2.93 bits per heavy atom. The Morgan fingerprint density at radius 1 is 1.29 bits per heavy atom. The summed E-state index contributed by atoms with van der Waals surface area (Å²) >= 11 is 0. The van der Waals surface area contributed by atoms with Gasteiger partial charge in [-0.2, -0.15) is 0 Å². The Morgan fingerprint density at radius 2 is 2.14 bits per heavy atom. The number of hydrogen-bond donors (Lipinski definition) is 1. The molecule has 82 valence electrons. The van der Waals surface area contributed by atoms with Gasteiger partial charge < -0.3 is 10.6 Å². The smallest absolute Gasteiger partial charge is 0.0252 e. The molecule has 3 heteroatoms. The molecule has 0 spiro atoms. The quantitative estimate of drug-likeness (QED) is 0.694. The van der Waals surface area contributed by atoms with Crippen LogP contribution in [0.15, 0.2) is 0 Å². The van der Waals surface area contributed by atoms with Crippen LogP contribution in [0.2, 0.25) is 0 Å². The van der Waals surface area contributed by atoms with Crippen LogP contribution in [0.3, 0.4) is 0 Å². The second-order valence-corrected chi connectivity index (χ2v) is 4.85. The van der Waals surface area contributed by atoms with E-state index in [1.807, 2.05) is 0 Å². The fourth-order valence-corrected chi connectivity index (χ4v) is 3.04. The van der Waals surface area contributed by atoms with Crippen LogP contribution < -0.4 is 5.73 Å². The van der Waals surface area contributed by atoms with Gasteiger partial charge >= 0.3 is 0 Å². The van der Waals surface area contributed by atoms with Crippen LogP contribution in [0.4, 0.5) is 0 Å². The van der Waals surface area contributed by atoms with Crippen molar-refractivity contribution in [2.24, 2.45) is 11.7 Å². The predicted octanol–water partition coefficient (Wildman–Crippen LogP) is 0.361. The van der Waals surface area contributed by atoms with Crippen LogP contribution in [-0.2, 0) is 0 Å². The highest BCUT2D eigenvalue weighted by Crippen LogP contribution is 2.28. The van der Waals surface area contributed by atoms with E-state index in [-0.39, 0.29) is 0 Å². The van der Waals surface area contributed by atoms with E-state index in [0.29, 0.717) is 0 Å². The number of rotatable bonds is 2. The van der Waals surface area contributed by atoms with E-state index in [9.17, 15) is 0 Å². The van der Waals surface area contributed by atoms with Gasteiger partial charge in [0.25, 0.3) is 0 Å². The van der Waals surface area contributed by atoms with Crippen molar-refractivity contribution in [1.29, 1.82) is 0 Å². The summed E-state index contributed by atoms with van der Waals surface area (Å²) in [5.74, 6) is 0.862. The van der Waals surface area contributed by atoms with Crippen LogP contribution in [0.25, 0.3) is 0 Å². The van der Waals surface area contributed by atoms with E-state index >= 15 is 0 Å². The predicted molar refractivity (Wildman–Crippen MR) is 59.3 cm³/mol. The SMILES string of the molecule is CN1CCCN2CCC(CCN)C2C1. The van der Waals surface area contributed by atoms with E-state index in [1.165, 1.54) is 45.4 Å². The lowest BCUT2D eigenvalue weighted by molar-refractivity contribution is 0.205. The molecule has 0 amide bonds. The van der Waals surface area contributed by atoms with Crippen LogP contribution >= 0.6 is 0 Å². The molecule has 3 nitrogen and oxygen atoms in total. The van der Waals surface area contributed by atoms with Crippen LogP contribution in [0.5, 0.6) is 0 Å². The van der Waals surface area contributed by atoms with Crippen molar-refractivity contribution in [2.75, 3.05) is 39.8 Å². The normalized spacial score (nSPS) is 35.6. The third-order valence-corrected chi connectivity index (χ3v) is 3.82. The summed E-state index contributed by atoms with van der Waals surface area (Å²) in [6.07, 6.45) is 3.92. The van der Waals surface area contributed by atoms with Crippen molar-refractivity contribution in [3.05, 3.63) is 0 Å². The summed E-state index contributed by atoms with van der Waals surface area (Å²) < 4.78 is 0. The highest BCUT2D eigenvalue weighted by atomic mass is 15.2. The topological polar surface area (TPSA) is 32.5 Å². The largest absolute Gasteiger partial charge is 0.330 e. The summed E-state index contributed by atoms with van der Waals surface area (Å²) in [6, 6.07) is 0.797. The van der Waals surface area contributed by atoms with E-state index in [2.05, 4.69) is 16.8 Å². The molecule has 2 aliphatic heterocycles. The number of likely N-dealkylation sites (N-methyl/N-ethyl adjacent to an activating group) is 1. The highest BCUT2D eigenvalue weighted by molar-refractivity contribution is 4.90. The van der Waals surface area contributed by atoms with E-state index in [1.54, 1.807) is 0 Å². The maximum Gasteiger partial charge on any atom is 0.0252 e. The van der Waals surface area contributed by atoms with Gasteiger partial charge in [-0.05, 0) is 58.4 Å². The Balaban J connectivity index is 1.98. The van der Waals surface area contributed by atoms with Crippen LogP contribution in [0.1, 0.15) is 19.3 Å². The second-order valence-electron chi connectivity index (χ2n) is 4.85. The van der Waals surface area contributed by atoms with Gasteiger partial charge in [0.05, 0.1) is 0 Å². The zero-order chi connectivity index (χ0) is 9.97. The lowest BCUT2D eigenvalue weighted by atomic mass is 9.96. The molecule has 2 aliphatic rings. The number of hydrogen-bond acceptors (Lipinski definition) is 3. The third-order valence-electron chi connectivity index (χ3n) is 3.82. The van der Waals surface area contributed by atoms with Gasteiger partial charge in [-0.25, -0.2) is 0 Å². The first-order valence-electron chi connectivity index (χ1n) is 5.94. The maximum absolute atomic E-state index is 5.67. The zero-order valence-corrected chi connectivity index (χ0v) is 9.28. The van der Waals surface area contributed by atoms with E-state index in [0.717, 1.165) is 18.5 Å². The summed E-state index contributed by atoms with van der Waals surface area (Å²) in [4.78, 5) is 5.17. The van der Waals surface area contributed by atoms with E-state index < -0.39 is 0 Å². The Kier molecular flexibility index (Phi) is 3.42. The monoisotopic (exact) mass is 197 g/mol. The molecule has 0 aromatic carbocycles. The Hall–Kier alpha value is -0.120. The van der Waals surface area contributed by atoms with Gasteiger partial charge in [0.15, 0.2) is 0 Å². The van der Waals surface area contributed by atoms with Gasteiger partial charge in [-0.15, -0.1) is 0 Å². The van der Waals surface area contributed by atoms with Crippen molar-refractivity contribution in [3.8, 4) is 0 Å². The molecule has 2 saturated heterocycles. The summed E-state index contributed by atoms with van der Waals surface area (Å²) in [6.45, 7) is 5.99. The number of nitrogens with zero attached hydrogens (tertiary/aromatic N) is 2. The Bertz CT molecular complexity index is 183. The van der Waals surface area contributed by atoms with Crippen molar-refractivity contribution >= 4 is 0 Å². The molecule has 0 saturated carbocycles. The first-order chi connectivity index (χ1) is 6.81.